The molecule has 1 aliphatic heterocycles. The van der Waals surface area contributed by atoms with Crippen LogP contribution in [0.1, 0.15) is 52.0 Å². The molecule has 6 nitrogen and oxygen atoms in total. The molecule has 0 spiro atoms. The van der Waals surface area contributed by atoms with Crippen molar-refractivity contribution in [1.29, 1.82) is 0 Å². The zero-order valence-corrected chi connectivity index (χ0v) is 20.0. The maximum Gasteiger partial charge on any atom is 0.407 e. The Kier molecular flexibility index (Phi) is 10.1. The van der Waals surface area contributed by atoms with E-state index in [0.717, 1.165) is 38.4 Å². The van der Waals surface area contributed by atoms with Crippen LogP contribution in [0.25, 0.3) is 0 Å². The van der Waals surface area contributed by atoms with Crippen molar-refractivity contribution < 1.29 is 9.53 Å². The Morgan fingerprint density at radius 1 is 1.32 bits per heavy atom. The summed E-state index contributed by atoms with van der Waals surface area (Å²) in [6.07, 6.45) is 1.57. The van der Waals surface area contributed by atoms with Crippen molar-refractivity contribution in [3.8, 4) is 0 Å². The lowest BCUT2D eigenvalue weighted by molar-refractivity contribution is 0.0507. The van der Waals surface area contributed by atoms with Crippen molar-refractivity contribution >= 4 is 36.0 Å². The normalized spacial score (nSPS) is 18.2. The molecule has 1 fully saturated rings. The first kappa shape index (κ1) is 24.5. The molecule has 28 heavy (non-hydrogen) atoms. The van der Waals surface area contributed by atoms with Crippen LogP contribution in [0.2, 0.25) is 0 Å². The van der Waals surface area contributed by atoms with Gasteiger partial charge < -0.3 is 20.3 Å². The summed E-state index contributed by atoms with van der Waals surface area (Å²) in [6, 6.07) is 10.6. The predicted octanol–water partition coefficient (Wildman–Crippen LogP) is 3.97. The van der Waals surface area contributed by atoms with E-state index in [1.807, 2.05) is 26.8 Å². The van der Waals surface area contributed by atoms with Gasteiger partial charge >= 0.3 is 6.09 Å². The van der Waals surface area contributed by atoms with Crippen LogP contribution in [0, 0.1) is 0 Å². The molecule has 1 aliphatic rings. The molecule has 2 unspecified atom stereocenters. The number of guanidine groups is 1. The van der Waals surface area contributed by atoms with Gasteiger partial charge in [0, 0.05) is 26.7 Å². The Morgan fingerprint density at radius 2 is 2.00 bits per heavy atom. The number of carbonyl (C=O) groups excluding carboxylic acids is 1. The average Bonchev–Trinajstić information content (AvgIpc) is 3.05. The number of halogens is 1. The fourth-order valence-electron chi connectivity index (χ4n) is 3.23. The molecule has 0 aliphatic carbocycles. The lowest BCUT2D eigenvalue weighted by atomic mass is 9.98. The second-order valence-electron chi connectivity index (χ2n) is 8.15. The molecule has 158 valence electrons. The first-order valence-corrected chi connectivity index (χ1v) is 9.78. The van der Waals surface area contributed by atoms with Crippen LogP contribution < -0.4 is 10.6 Å². The van der Waals surface area contributed by atoms with Crippen LogP contribution >= 0.6 is 24.0 Å². The molecular weight excluding hydrogens is 467 g/mol. The van der Waals surface area contributed by atoms with Crippen LogP contribution in [-0.2, 0) is 4.74 Å². The Balaban J connectivity index is 0.00000392. The molecule has 1 saturated heterocycles. The van der Waals surface area contributed by atoms with Gasteiger partial charge in [0.1, 0.15) is 5.60 Å². The van der Waals surface area contributed by atoms with Gasteiger partial charge in [0.25, 0.3) is 0 Å². The van der Waals surface area contributed by atoms with Gasteiger partial charge in [-0.3, -0.25) is 4.99 Å². The number of nitrogens with zero attached hydrogens (tertiary/aromatic N) is 2. The fourth-order valence-corrected chi connectivity index (χ4v) is 3.23. The summed E-state index contributed by atoms with van der Waals surface area (Å²) in [5.74, 6) is 1.39. The monoisotopic (exact) mass is 502 g/mol. The van der Waals surface area contributed by atoms with Gasteiger partial charge in [-0.15, -0.1) is 24.0 Å². The summed E-state index contributed by atoms with van der Waals surface area (Å²) in [4.78, 5) is 18.5. The first-order chi connectivity index (χ1) is 12.8. The van der Waals surface area contributed by atoms with Gasteiger partial charge in [0.05, 0.1) is 6.04 Å². The van der Waals surface area contributed by atoms with E-state index in [9.17, 15) is 4.79 Å². The lowest BCUT2D eigenvalue weighted by Gasteiger charge is -2.24. The molecule has 2 rings (SSSR count). The van der Waals surface area contributed by atoms with E-state index in [-0.39, 0.29) is 36.1 Å². The van der Waals surface area contributed by atoms with E-state index in [0.29, 0.717) is 5.92 Å². The van der Waals surface area contributed by atoms with Crippen LogP contribution in [0.3, 0.4) is 0 Å². The third-order valence-electron chi connectivity index (χ3n) is 4.65. The number of amides is 1. The highest BCUT2D eigenvalue weighted by Gasteiger charge is 2.27. The largest absolute Gasteiger partial charge is 0.444 e. The van der Waals surface area contributed by atoms with Crippen LogP contribution in [0.4, 0.5) is 4.79 Å². The molecule has 0 bridgehead atoms. The second-order valence-corrected chi connectivity index (χ2v) is 8.15. The standard InChI is InChI=1S/C21H34N4O2.HI/c1-16(17-9-7-6-8-10-17)11-13-23-19(22-5)25-14-12-18(15-25)24-20(26)27-21(2,3)4;/h6-10,16,18H,11-15H2,1-5H3,(H,22,23)(H,24,26);1H. The van der Waals surface area contributed by atoms with Crippen molar-refractivity contribution in [2.45, 2.75) is 58.1 Å². The third kappa shape index (κ3) is 8.24. The van der Waals surface area contributed by atoms with E-state index < -0.39 is 5.60 Å². The minimum absolute atomic E-state index is 0. The van der Waals surface area contributed by atoms with Crippen molar-refractivity contribution in [1.82, 2.24) is 15.5 Å². The molecule has 2 N–H and O–H groups in total. The van der Waals surface area contributed by atoms with E-state index >= 15 is 0 Å². The van der Waals surface area contributed by atoms with E-state index in [4.69, 9.17) is 4.74 Å². The van der Waals surface area contributed by atoms with Crippen LogP contribution in [0.15, 0.2) is 35.3 Å². The number of rotatable bonds is 5. The van der Waals surface area contributed by atoms with Crippen LogP contribution in [-0.4, -0.2) is 55.3 Å². The van der Waals surface area contributed by atoms with E-state index in [1.54, 1.807) is 7.05 Å². The third-order valence-corrected chi connectivity index (χ3v) is 4.65. The number of hydrogen-bond donors (Lipinski definition) is 2. The quantitative estimate of drug-likeness (QED) is 0.364. The highest BCUT2D eigenvalue weighted by molar-refractivity contribution is 14.0. The average molecular weight is 502 g/mol. The first-order valence-electron chi connectivity index (χ1n) is 9.78. The smallest absolute Gasteiger partial charge is 0.407 e. The number of alkyl carbamates (subject to hydrolysis) is 1. The van der Waals surface area contributed by atoms with Crippen molar-refractivity contribution in [2.24, 2.45) is 4.99 Å². The van der Waals surface area contributed by atoms with E-state index in [2.05, 4.69) is 51.7 Å². The Hall–Kier alpha value is -1.51. The van der Waals surface area contributed by atoms with Gasteiger partial charge in [-0.05, 0) is 45.1 Å². The molecule has 1 aromatic carbocycles. The summed E-state index contributed by atoms with van der Waals surface area (Å²) < 4.78 is 5.34. The van der Waals surface area contributed by atoms with Crippen LogP contribution in [0.5, 0.6) is 0 Å². The molecule has 7 heteroatoms. The van der Waals surface area contributed by atoms with Gasteiger partial charge in [0.15, 0.2) is 5.96 Å². The van der Waals surface area contributed by atoms with E-state index in [1.165, 1.54) is 5.56 Å². The number of ether oxygens (including phenoxy) is 1. The zero-order chi connectivity index (χ0) is 19.9. The fraction of sp³-hybridized carbons (Fsp3) is 0.619. The lowest BCUT2D eigenvalue weighted by Crippen LogP contribution is -2.44. The van der Waals surface area contributed by atoms with Crippen molar-refractivity contribution in [3.05, 3.63) is 35.9 Å². The molecule has 0 aromatic heterocycles. The SMILES string of the molecule is CN=C(NCCC(C)c1ccccc1)N1CCC(NC(=O)OC(C)(C)C)C1.I. The second kappa shape index (κ2) is 11.5. The highest BCUT2D eigenvalue weighted by Crippen LogP contribution is 2.18. The molecule has 0 radical (unpaired) electrons. The molecule has 1 aromatic rings. The van der Waals surface area contributed by atoms with Gasteiger partial charge in [-0.25, -0.2) is 4.79 Å². The molecule has 1 amide bonds. The number of hydrogen-bond acceptors (Lipinski definition) is 3. The Morgan fingerprint density at radius 3 is 2.61 bits per heavy atom. The van der Waals surface area contributed by atoms with Crippen molar-refractivity contribution in [3.63, 3.8) is 0 Å². The molecule has 0 saturated carbocycles. The number of aliphatic imine (C=N–C) groups is 1. The number of likely N-dealkylation sites (tertiary alicyclic amines) is 1. The maximum atomic E-state index is 11.9. The highest BCUT2D eigenvalue weighted by atomic mass is 127. The zero-order valence-electron chi connectivity index (χ0n) is 17.7. The molecule has 2 atom stereocenters. The number of nitrogens with one attached hydrogen (secondary N) is 2. The summed E-state index contributed by atoms with van der Waals surface area (Å²) in [7, 11) is 1.80. The summed E-state index contributed by atoms with van der Waals surface area (Å²) in [6.45, 7) is 10.3. The maximum absolute atomic E-state index is 11.9. The van der Waals surface area contributed by atoms with Gasteiger partial charge in [0.2, 0.25) is 0 Å². The minimum atomic E-state index is -0.477. The topological polar surface area (TPSA) is 66.0 Å². The Bertz CT molecular complexity index is 631. The summed E-state index contributed by atoms with van der Waals surface area (Å²) in [5.41, 5.74) is 0.882. The van der Waals surface area contributed by atoms with Crippen molar-refractivity contribution in [2.75, 3.05) is 26.7 Å². The molecular formula is C21H35IN4O2. The number of benzene rings is 1. The Labute approximate surface area is 186 Å². The summed E-state index contributed by atoms with van der Waals surface area (Å²) in [5, 5.41) is 6.41. The minimum Gasteiger partial charge on any atom is -0.444 e. The van der Waals surface area contributed by atoms with Gasteiger partial charge in [-0.1, -0.05) is 37.3 Å². The number of carbonyl (C=O) groups is 1. The van der Waals surface area contributed by atoms with Gasteiger partial charge in [-0.2, -0.15) is 0 Å². The predicted molar refractivity (Wildman–Crippen MR) is 126 cm³/mol. The summed E-state index contributed by atoms with van der Waals surface area (Å²) >= 11 is 0. The molecule has 1 heterocycles.